The molecular weight excluding hydrogens is 364 g/mol. The summed E-state index contributed by atoms with van der Waals surface area (Å²) in [4.78, 5) is 2.78. The van der Waals surface area contributed by atoms with Crippen molar-refractivity contribution < 1.29 is 4.48 Å². The third kappa shape index (κ3) is 4.69. The number of hydrogen-bond donors (Lipinski definition) is 0. The first-order chi connectivity index (χ1) is 14.8. The number of hydrogen-bond acceptors (Lipinski definition) is 1. The van der Waals surface area contributed by atoms with E-state index in [-0.39, 0.29) is 0 Å². The summed E-state index contributed by atoms with van der Waals surface area (Å²) in [5, 5.41) is 0. The van der Waals surface area contributed by atoms with Gasteiger partial charge >= 0.3 is 0 Å². The van der Waals surface area contributed by atoms with Crippen LogP contribution < -0.4 is 4.90 Å². The Morgan fingerprint density at radius 2 is 1.57 bits per heavy atom. The van der Waals surface area contributed by atoms with Crippen molar-refractivity contribution in [2.45, 2.75) is 90.1 Å². The van der Waals surface area contributed by atoms with Gasteiger partial charge in [-0.2, -0.15) is 0 Å². The van der Waals surface area contributed by atoms with Gasteiger partial charge in [0.15, 0.2) is 0 Å². The zero-order valence-electron chi connectivity index (χ0n) is 19.5. The molecule has 1 saturated carbocycles. The Kier molecular flexibility index (Phi) is 7.36. The van der Waals surface area contributed by atoms with Crippen LogP contribution in [0.3, 0.4) is 0 Å². The monoisotopic (exact) mass is 407 g/mol. The number of anilines is 1. The van der Waals surface area contributed by atoms with Crippen LogP contribution in [0.5, 0.6) is 0 Å². The summed E-state index contributed by atoms with van der Waals surface area (Å²) in [7, 11) is 0. The van der Waals surface area contributed by atoms with Crippen LogP contribution in [0.15, 0.2) is 53.6 Å². The summed E-state index contributed by atoms with van der Waals surface area (Å²) < 4.78 is 1.40. The number of para-hydroxylation sites is 1. The van der Waals surface area contributed by atoms with Crippen molar-refractivity contribution in [3.63, 3.8) is 0 Å². The van der Waals surface area contributed by atoms with Crippen LogP contribution in [0.2, 0.25) is 0 Å². The van der Waals surface area contributed by atoms with E-state index in [0.717, 1.165) is 6.04 Å². The summed E-state index contributed by atoms with van der Waals surface area (Å²) in [6, 6.07) is 12.8. The molecular formula is C28H43N2+. The van der Waals surface area contributed by atoms with Crippen LogP contribution in [-0.4, -0.2) is 42.7 Å². The van der Waals surface area contributed by atoms with Gasteiger partial charge in [-0.05, 0) is 81.1 Å². The first-order valence-corrected chi connectivity index (χ1v) is 12.8. The fourth-order valence-electron chi connectivity index (χ4n) is 6.71. The number of benzene rings is 1. The summed E-state index contributed by atoms with van der Waals surface area (Å²) in [6.45, 7) is 10.2. The molecule has 2 nitrogen and oxygen atoms in total. The van der Waals surface area contributed by atoms with Crippen LogP contribution >= 0.6 is 0 Å². The highest BCUT2D eigenvalue weighted by Crippen LogP contribution is 2.39. The summed E-state index contributed by atoms with van der Waals surface area (Å²) in [5.41, 5.74) is 4.72. The van der Waals surface area contributed by atoms with E-state index < -0.39 is 0 Å². The lowest BCUT2D eigenvalue weighted by molar-refractivity contribution is -0.956. The molecule has 0 amide bonds. The van der Waals surface area contributed by atoms with Crippen LogP contribution in [0.1, 0.15) is 78.1 Å². The number of fused-ring (bicyclic) bond motifs is 1. The van der Waals surface area contributed by atoms with Crippen molar-refractivity contribution in [1.29, 1.82) is 0 Å². The Morgan fingerprint density at radius 3 is 2.20 bits per heavy atom. The average Bonchev–Trinajstić information content (AvgIpc) is 3.20. The van der Waals surface area contributed by atoms with E-state index in [1.165, 1.54) is 101 Å². The third-order valence-electron chi connectivity index (χ3n) is 8.01. The minimum Gasteiger partial charge on any atom is -0.368 e. The molecule has 1 aromatic rings. The maximum Gasteiger partial charge on any atom is 0.0907 e. The fraction of sp³-hybridized carbons (Fsp3) is 0.643. The Morgan fingerprint density at radius 1 is 0.900 bits per heavy atom. The Hall–Kier alpha value is -1.54. The zero-order chi connectivity index (χ0) is 20.8. The van der Waals surface area contributed by atoms with E-state index in [4.69, 9.17) is 0 Å². The smallest absolute Gasteiger partial charge is 0.0907 e. The lowest BCUT2D eigenvalue weighted by Crippen LogP contribution is -2.59. The van der Waals surface area contributed by atoms with Crippen LogP contribution in [0, 0.1) is 0 Å². The molecule has 1 aromatic carbocycles. The number of rotatable bonds is 9. The Balaban J connectivity index is 1.52. The van der Waals surface area contributed by atoms with Gasteiger partial charge in [-0.15, -0.1) is 0 Å². The van der Waals surface area contributed by atoms with Gasteiger partial charge in [0.25, 0.3) is 0 Å². The van der Waals surface area contributed by atoms with E-state index in [1.807, 2.05) is 0 Å². The number of likely N-dealkylation sites (tertiary alicyclic amines) is 1. The van der Waals surface area contributed by atoms with Crippen molar-refractivity contribution >= 4 is 5.69 Å². The average molecular weight is 408 g/mol. The molecule has 2 aliphatic carbocycles. The zero-order valence-corrected chi connectivity index (χ0v) is 19.5. The van der Waals surface area contributed by atoms with Gasteiger partial charge in [-0.3, -0.25) is 0 Å². The fourth-order valence-corrected chi connectivity index (χ4v) is 6.71. The molecule has 30 heavy (non-hydrogen) atoms. The first kappa shape index (κ1) is 21.7. The molecule has 0 N–H and O–H groups in total. The van der Waals surface area contributed by atoms with Crippen LogP contribution in [0.4, 0.5) is 5.69 Å². The van der Waals surface area contributed by atoms with E-state index in [9.17, 15) is 0 Å². The topological polar surface area (TPSA) is 3.24 Å². The number of allylic oxidation sites excluding steroid dienone is 2. The minimum absolute atomic E-state index is 0.644. The highest BCUT2D eigenvalue weighted by atomic mass is 15.4. The molecule has 0 spiro atoms. The van der Waals surface area contributed by atoms with Gasteiger partial charge in [0.2, 0.25) is 0 Å². The molecule has 2 fully saturated rings. The predicted octanol–water partition coefficient (Wildman–Crippen LogP) is 6.88. The molecule has 2 heteroatoms. The maximum atomic E-state index is 2.78. The Labute approximate surface area is 185 Å². The van der Waals surface area contributed by atoms with E-state index in [2.05, 4.69) is 61.2 Å². The second-order valence-corrected chi connectivity index (χ2v) is 9.95. The molecule has 0 unspecified atom stereocenters. The summed E-state index contributed by atoms with van der Waals surface area (Å²) >= 11 is 0. The molecule has 1 atom stereocenters. The van der Waals surface area contributed by atoms with E-state index >= 15 is 0 Å². The molecule has 1 saturated heterocycles. The summed E-state index contributed by atoms with van der Waals surface area (Å²) in [6.07, 6.45) is 18.3. The van der Waals surface area contributed by atoms with Crippen molar-refractivity contribution in [3.8, 4) is 0 Å². The lowest BCUT2D eigenvalue weighted by atomic mass is 9.94. The first-order valence-electron chi connectivity index (χ1n) is 12.8. The molecule has 3 aliphatic rings. The number of nitrogens with zero attached hydrogens (tertiary/aromatic N) is 2. The van der Waals surface area contributed by atoms with Crippen LogP contribution in [0.25, 0.3) is 0 Å². The molecule has 1 heterocycles. The molecule has 4 rings (SSSR count). The van der Waals surface area contributed by atoms with Crippen molar-refractivity contribution in [2.24, 2.45) is 0 Å². The normalized spacial score (nSPS) is 23.6. The van der Waals surface area contributed by atoms with Gasteiger partial charge in [0.1, 0.15) is 0 Å². The third-order valence-corrected chi connectivity index (χ3v) is 8.01. The molecule has 164 valence electrons. The number of quaternary nitrogens is 1. The quantitative estimate of drug-likeness (QED) is 0.403. The van der Waals surface area contributed by atoms with Crippen molar-refractivity contribution in [1.82, 2.24) is 0 Å². The standard InChI is InChI=1S/C28H43N2/c1-3-19-30(20-4-2)21-11-10-16-28(30)17-18-29(26-14-6-5-7-15-26)27-22-24-12-8-9-13-25(24)23-27/h5-7,12-15,27-28H,3-4,8-11,16-23H2,1-2H3/q+1/t28-/m1/s1. The summed E-state index contributed by atoms with van der Waals surface area (Å²) in [5.74, 6) is 0. The highest BCUT2D eigenvalue weighted by molar-refractivity contribution is 5.51. The van der Waals surface area contributed by atoms with E-state index in [0.29, 0.717) is 6.04 Å². The van der Waals surface area contributed by atoms with Crippen LogP contribution in [-0.2, 0) is 0 Å². The van der Waals surface area contributed by atoms with Gasteiger partial charge in [0.05, 0.1) is 25.7 Å². The largest absolute Gasteiger partial charge is 0.368 e. The van der Waals surface area contributed by atoms with Gasteiger partial charge in [-0.25, -0.2) is 0 Å². The minimum atomic E-state index is 0.644. The van der Waals surface area contributed by atoms with E-state index in [1.54, 1.807) is 11.1 Å². The molecule has 0 radical (unpaired) electrons. The highest BCUT2D eigenvalue weighted by Gasteiger charge is 2.38. The molecule has 0 aromatic heterocycles. The molecule has 0 bridgehead atoms. The second kappa shape index (κ2) is 10.2. The Bertz CT molecular complexity index is 699. The SMILES string of the molecule is CCC[N+]1(CCC)CCCC[C@@H]1CCN(c1ccccc1)C1CC2=CCCC=C2C1. The van der Waals surface area contributed by atoms with Gasteiger partial charge in [-0.1, -0.05) is 44.2 Å². The molecule has 1 aliphatic heterocycles. The maximum absolute atomic E-state index is 2.78. The van der Waals surface area contributed by atoms with Crippen molar-refractivity contribution in [2.75, 3.05) is 31.1 Å². The van der Waals surface area contributed by atoms with Crippen molar-refractivity contribution in [3.05, 3.63) is 53.6 Å². The van der Waals surface area contributed by atoms with Gasteiger partial charge in [0, 0.05) is 24.7 Å². The van der Waals surface area contributed by atoms with Gasteiger partial charge < -0.3 is 9.38 Å². The lowest BCUT2D eigenvalue weighted by Gasteiger charge is -2.49. The predicted molar refractivity (Wildman–Crippen MR) is 130 cm³/mol. The second-order valence-electron chi connectivity index (χ2n) is 9.95. The number of piperidine rings is 1.